The summed E-state index contributed by atoms with van der Waals surface area (Å²) in [5.74, 6) is 1.37. The van der Waals surface area contributed by atoms with Crippen molar-refractivity contribution in [2.75, 3.05) is 19.0 Å². The molecule has 0 aliphatic heterocycles. The number of nitrogens with zero attached hydrogens (tertiary/aromatic N) is 2. The van der Waals surface area contributed by atoms with Gasteiger partial charge < -0.3 is 10.1 Å². The molecular formula is C15H20N4O2. The van der Waals surface area contributed by atoms with Crippen molar-refractivity contribution in [2.45, 2.75) is 13.3 Å². The second-order valence-electron chi connectivity index (χ2n) is 4.78. The molecule has 21 heavy (non-hydrogen) atoms. The highest BCUT2D eigenvalue weighted by atomic mass is 16.5. The number of carbonyl (C=O) groups is 1. The van der Waals surface area contributed by atoms with E-state index in [1.54, 1.807) is 11.8 Å². The van der Waals surface area contributed by atoms with Crippen molar-refractivity contribution < 1.29 is 9.53 Å². The summed E-state index contributed by atoms with van der Waals surface area (Å²) in [5, 5.41) is 9.68. The summed E-state index contributed by atoms with van der Waals surface area (Å²) in [5.41, 5.74) is 2.10. The molecule has 0 unspecified atom stereocenters. The van der Waals surface area contributed by atoms with Crippen LogP contribution in [-0.2, 0) is 13.5 Å². The molecule has 2 N–H and O–H groups in total. The van der Waals surface area contributed by atoms with E-state index in [9.17, 15) is 4.79 Å². The predicted octanol–water partition coefficient (Wildman–Crippen LogP) is 2.10. The fourth-order valence-electron chi connectivity index (χ4n) is 1.93. The zero-order valence-electron chi connectivity index (χ0n) is 12.5. The van der Waals surface area contributed by atoms with Gasteiger partial charge in [-0.3, -0.25) is 10.00 Å². The van der Waals surface area contributed by atoms with Crippen LogP contribution in [0.4, 0.5) is 10.6 Å². The first-order valence-electron chi connectivity index (χ1n) is 6.77. The van der Waals surface area contributed by atoms with Gasteiger partial charge in [0.25, 0.3) is 0 Å². The molecule has 6 heteroatoms. The number of amides is 2. The van der Waals surface area contributed by atoms with Gasteiger partial charge in [-0.1, -0.05) is 12.1 Å². The molecule has 0 aliphatic rings. The minimum atomic E-state index is -0.254. The maximum Gasteiger partial charge on any atom is 0.320 e. The van der Waals surface area contributed by atoms with E-state index in [1.165, 1.54) is 0 Å². The van der Waals surface area contributed by atoms with Gasteiger partial charge in [0.1, 0.15) is 5.75 Å². The van der Waals surface area contributed by atoms with E-state index in [0.717, 1.165) is 23.4 Å². The number of hydrogen-bond donors (Lipinski definition) is 2. The molecule has 0 fully saturated rings. The highest BCUT2D eigenvalue weighted by Crippen LogP contribution is 2.12. The van der Waals surface area contributed by atoms with Gasteiger partial charge in [0, 0.05) is 25.4 Å². The molecule has 1 aromatic heterocycles. The quantitative estimate of drug-likeness (QED) is 0.885. The summed E-state index contributed by atoms with van der Waals surface area (Å²) >= 11 is 0. The number of methoxy groups -OCH3 is 1. The van der Waals surface area contributed by atoms with Crippen LogP contribution in [0, 0.1) is 6.92 Å². The number of anilines is 1. The molecular weight excluding hydrogens is 268 g/mol. The van der Waals surface area contributed by atoms with Crippen molar-refractivity contribution >= 4 is 11.8 Å². The monoisotopic (exact) mass is 288 g/mol. The van der Waals surface area contributed by atoms with E-state index in [-0.39, 0.29) is 6.03 Å². The third-order valence-corrected chi connectivity index (χ3v) is 3.19. The molecule has 1 aromatic carbocycles. The van der Waals surface area contributed by atoms with Gasteiger partial charge in [-0.25, -0.2) is 4.79 Å². The van der Waals surface area contributed by atoms with Gasteiger partial charge >= 0.3 is 6.03 Å². The minimum Gasteiger partial charge on any atom is -0.497 e. The number of urea groups is 1. The summed E-state index contributed by atoms with van der Waals surface area (Å²) in [6, 6.07) is 9.36. The Hall–Kier alpha value is -2.50. The largest absolute Gasteiger partial charge is 0.497 e. The normalized spacial score (nSPS) is 10.2. The molecule has 0 aliphatic carbocycles. The summed E-state index contributed by atoms with van der Waals surface area (Å²) in [6.45, 7) is 2.48. The summed E-state index contributed by atoms with van der Waals surface area (Å²) in [4.78, 5) is 11.8. The van der Waals surface area contributed by atoms with Crippen molar-refractivity contribution in [1.29, 1.82) is 0 Å². The Labute approximate surface area is 124 Å². The molecule has 0 spiro atoms. The Bertz CT molecular complexity index is 602. The van der Waals surface area contributed by atoms with Crippen molar-refractivity contribution in [3.05, 3.63) is 41.6 Å². The Balaban J connectivity index is 1.78. The lowest BCUT2D eigenvalue weighted by molar-refractivity contribution is 0.252. The third kappa shape index (κ3) is 4.24. The Morgan fingerprint density at radius 2 is 2.19 bits per heavy atom. The first kappa shape index (κ1) is 14.9. The van der Waals surface area contributed by atoms with Gasteiger partial charge in [-0.15, -0.1) is 0 Å². The van der Waals surface area contributed by atoms with Crippen LogP contribution in [0.2, 0.25) is 0 Å². The van der Waals surface area contributed by atoms with Crippen LogP contribution in [0.15, 0.2) is 30.3 Å². The lowest BCUT2D eigenvalue weighted by atomic mass is 10.1. The predicted molar refractivity (Wildman–Crippen MR) is 81.7 cm³/mol. The van der Waals surface area contributed by atoms with E-state index < -0.39 is 0 Å². The van der Waals surface area contributed by atoms with Gasteiger partial charge in [0.15, 0.2) is 5.82 Å². The number of aryl methyl sites for hydroxylation is 2. The van der Waals surface area contributed by atoms with E-state index in [1.807, 2.05) is 44.3 Å². The Morgan fingerprint density at radius 1 is 1.38 bits per heavy atom. The van der Waals surface area contributed by atoms with E-state index >= 15 is 0 Å². The zero-order valence-corrected chi connectivity index (χ0v) is 12.5. The van der Waals surface area contributed by atoms with Crippen molar-refractivity contribution in [3.8, 4) is 5.75 Å². The number of aromatic nitrogens is 2. The lowest BCUT2D eigenvalue weighted by Crippen LogP contribution is -2.30. The summed E-state index contributed by atoms with van der Waals surface area (Å²) in [6.07, 6.45) is 0.742. The molecule has 112 valence electrons. The molecule has 2 rings (SSSR count). The van der Waals surface area contributed by atoms with Crippen molar-refractivity contribution in [2.24, 2.45) is 7.05 Å². The van der Waals surface area contributed by atoms with Crippen LogP contribution in [0.1, 0.15) is 11.3 Å². The second-order valence-corrected chi connectivity index (χ2v) is 4.78. The van der Waals surface area contributed by atoms with E-state index in [0.29, 0.717) is 12.4 Å². The zero-order chi connectivity index (χ0) is 15.2. The molecule has 0 saturated carbocycles. The van der Waals surface area contributed by atoms with Crippen LogP contribution < -0.4 is 15.4 Å². The third-order valence-electron chi connectivity index (χ3n) is 3.19. The number of rotatable bonds is 5. The first-order chi connectivity index (χ1) is 10.1. The molecule has 0 bridgehead atoms. The van der Waals surface area contributed by atoms with Gasteiger partial charge in [-0.2, -0.15) is 5.10 Å². The first-order valence-corrected chi connectivity index (χ1v) is 6.77. The fraction of sp³-hybridized carbons (Fsp3) is 0.333. The molecule has 0 radical (unpaired) electrons. The SMILES string of the molecule is COc1cccc(CCNC(=O)Nc2cc(C)n(C)n2)c1. The fourth-order valence-corrected chi connectivity index (χ4v) is 1.93. The summed E-state index contributed by atoms with van der Waals surface area (Å²) in [7, 11) is 3.47. The molecule has 2 aromatic rings. The molecule has 0 atom stereocenters. The molecule has 0 saturated heterocycles. The number of benzene rings is 1. The maximum atomic E-state index is 11.8. The minimum absolute atomic E-state index is 0.254. The highest BCUT2D eigenvalue weighted by Gasteiger charge is 2.05. The topological polar surface area (TPSA) is 68.2 Å². The number of carbonyl (C=O) groups excluding carboxylic acids is 1. The smallest absolute Gasteiger partial charge is 0.320 e. The lowest BCUT2D eigenvalue weighted by Gasteiger charge is -2.07. The average molecular weight is 288 g/mol. The summed E-state index contributed by atoms with van der Waals surface area (Å²) < 4.78 is 6.88. The van der Waals surface area contributed by atoms with Gasteiger partial charge in [-0.05, 0) is 31.0 Å². The van der Waals surface area contributed by atoms with Crippen LogP contribution in [0.5, 0.6) is 5.75 Å². The van der Waals surface area contributed by atoms with Crippen molar-refractivity contribution in [1.82, 2.24) is 15.1 Å². The second kappa shape index (κ2) is 6.78. The highest BCUT2D eigenvalue weighted by molar-refractivity contribution is 5.88. The van der Waals surface area contributed by atoms with Gasteiger partial charge in [0.05, 0.1) is 7.11 Å². The standard InChI is InChI=1S/C15H20N4O2/c1-11-9-14(18-19(11)2)17-15(20)16-8-7-12-5-4-6-13(10-12)21-3/h4-6,9-10H,7-8H2,1-3H3,(H2,16,17,18,20). The van der Waals surface area contributed by atoms with Crippen LogP contribution in [0.3, 0.4) is 0 Å². The van der Waals surface area contributed by atoms with Crippen LogP contribution >= 0.6 is 0 Å². The van der Waals surface area contributed by atoms with E-state index in [4.69, 9.17) is 4.74 Å². The molecule has 1 heterocycles. The molecule has 2 amide bonds. The van der Waals surface area contributed by atoms with Crippen molar-refractivity contribution in [3.63, 3.8) is 0 Å². The number of nitrogens with one attached hydrogen (secondary N) is 2. The Kier molecular flexibility index (Phi) is 4.81. The number of hydrogen-bond acceptors (Lipinski definition) is 3. The Morgan fingerprint density at radius 3 is 2.86 bits per heavy atom. The van der Waals surface area contributed by atoms with Crippen LogP contribution in [-0.4, -0.2) is 29.5 Å². The van der Waals surface area contributed by atoms with Gasteiger partial charge in [0.2, 0.25) is 0 Å². The number of ether oxygens (including phenoxy) is 1. The molecule has 6 nitrogen and oxygen atoms in total. The van der Waals surface area contributed by atoms with Crippen LogP contribution in [0.25, 0.3) is 0 Å². The van der Waals surface area contributed by atoms with E-state index in [2.05, 4.69) is 15.7 Å². The average Bonchev–Trinajstić information content (AvgIpc) is 2.77. The maximum absolute atomic E-state index is 11.8.